The molecule has 0 atom stereocenters. The van der Waals surface area contributed by atoms with E-state index in [0.29, 0.717) is 22.9 Å². The normalized spacial score (nSPS) is 12.6. The number of anilines is 2. The highest BCUT2D eigenvalue weighted by molar-refractivity contribution is 6.01. The molecule has 0 unspecified atom stereocenters. The number of carbonyl (C=O) groups is 2. The Labute approximate surface area is 159 Å². The highest BCUT2D eigenvalue weighted by atomic mass is 16.7. The Balaban J connectivity index is 1.70. The Bertz CT molecular complexity index is 853. The first-order chi connectivity index (χ1) is 12.7. The molecule has 0 fully saturated rings. The summed E-state index contributed by atoms with van der Waals surface area (Å²) < 4.78 is 10.6. The summed E-state index contributed by atoms with van der Waals surface area (Å²) in [7, 11) is 0. The fraction of sp³-hybridized carbons (Fsp3) is 0.333. The average Bonchev–Trinajstić information content (AvgIpc) is 3.06. The standard InChI is InChI=1S/C21H24N2O4/c1-14(24)23(17-8-5-15(6-9-17)21(2,3)4)12-20(25)22-16-7-10-18-19(11-16)27-13-26-18/h5-11H,12-13H2,1-4H3,(H,22,25). The van der Waals surface area contributed by atoms with E-state index in [4.69, 9.17) is 9.47 Å². The summed E-state index contributed by atoms with van der Waals surface area (Å²) in [6.45, 7) is 7.94. The molecule has 1 N–H and O–H groups in total. The molecule has 3 rings (SSSR count). The molecule has 2 aromatic carbocycles. The lowest BCUT2D eigenvalue weighted by atomic mass is 9.87. The lowest BCUT2D eigenvalue weighted by molar-refractivity contribution is -0.120. The largest absolute Gasteiger partial charge is 0.454 e. The molecular formula is C21H24N2O4. The second kappa shape index (κ2) is 7.31. The molecule has 0 aromatic heterocycles. The van der Waals surface area contributed by atoms with Crippen LogP contribution in [0.5, 0.6) is 11.5 Å². The quantitative estimate of drug-likeness (QED) is 0.893. The maximum Gasteiger partial charge on any atom is 0.244 e. The van der Waals surface area contributed by atoms with Crippen LogP contribution in [0.15, 0.2) is 42.5 Å². The molecule has 27 heavy (non-hydrogen) atoms. The first kappa shape index (κ1) is 18.8. The van der Waals surface area contributed by atoms with Gasteiger partial charge >= 0.3 is 0 Å². The van der Waals surface area contributed by atoms with Crippen molar-refractivity contribution in [3.63, 3.8) is 0 Å². The van der Waals surface area contributed by atoms with Crippen molar-refractivity contribution >= 4 is 23.2 Å². The van der Waals surface area contributed by atoms with E-state index in [-0.39, 0.29) is 30.6 Å². The van der Waals surface area contributed by atoms with Crippen molar-refractivity contribution in [1.82, 2.24) is 0 Å². The SMILES string of the molecule is CC(=O)N(CC(=O)Nc1ccc2c(c1)OCO2)c1ccc(C(C)(C)C)cc1. The van der Waals surface area contributed by atoms with E-state index in [2.05, 4.69) is 26.1 Å². The van der Waals surface area contributed by atoms with Gasteiger partial charge in [-0.05, 0) is 35.2 Å². The van der Waals surface area contributed by atoms with Crippen LogP contribution in [0, 0.1) is 0 Å². The number of carbonyl (C=O) groups excluding carboxylic acids is 2. The lowest BCUT2D eigenvalue weighted by Gasteiger charge is -2.23. The molecule has 142 valence electrons. The maximum atomic E-state index is 12.4. The van der Waals surface area contributed by atoms with Crippen molar-refractivity contribution < 1.29 is 19.1 Å². The minimum atomic E-state index is -0.288. The van der Waals surface area contributed by atoms with Crippen molar-refractivity contribution in [3.05, 3.63) is 48.0 Å². The molecule has 6 heteroatoms. The van der Waals surface area contributed by atoms with Crippen molar-refractivity contribution in [2.24, 2.45) is 0 Å². The van der Waals surface area contributed by atoms with Crippen LogP contribution in [0.3, 0.4) is 0 Å². The number of hydrogen-bond acceptors (Lipinski definition) is 4. The second-order valence-electron chi connectivity index (χ2n) is 7.52. The van der Waals surface area contributed by atoms with E-state index < -0.39 is 0 Å². The third-order valence-electron chi connectivity index (χ3n) is 4.38. The molecule has 6 nitrogen and oxygen atoms in total. The van der Waals surface area contributed by atoms with Crippen molar-refractivity contribution in [1.29, 1.82) is 0 Å². The summed E-state index contributed by atoms with van der Waals surface area (Å²) in [5.74, 6) is 0.759. The van der Waals surface area contributed by atoms with Gasteiger partial charge in [0.25, 0.3) is 0 Å². The van der Waals surface area contributed by atoms with Crippen LogP contribution in [0.4, 0.5) is 11.4 Å². The molecule has 1 heterocycles. The van der Waals surface area contributed by atoms with Crippen molar-refractivity contribution in [2.45, 2.75) is 33.1 Å². The van der Waals surface area contributed by atoms with Gasteiger partial charge < -0.3 is 19.7 Å². The van der Waals surface area contributed by atoms with Crippen LogP contribution < -0.4 is 19.7 Å². The van der Waals surface area contributed by atoms with E-state index in [1.807, 2.05) is 24.3 Å². The smallest absolute Gasteiger partial charge is 0.244 e. The topological polar surface area (TPSA) is 67.9 Å². The first-order valence-electron chi connectivity index (χ1n) is 8.82. The van der Waals surface area contributed by atoms with Gasteiger partial charge in [-0.15, -0.1) is 0 Å². The van der Waals surface area contributed by atoms with Gasteiger partial charge in [0, 0.05) is 24.4 Å². The number of hydrogen-bond donors (Lipinski definition) is 1. The van der Waals surface area contributed by atoms with Crippen molar-refractivity contribution in [3.8, 4) is 11.5 Å². The van der Waals surface area contributed by atoms with E-state index in [9.17, 15) is 9.59 Å². The number of amides is 2. The van der Waals surface area contributed by atoms with Crippen LogP contribution in [0.1, 0.15) is 33.3 Å². The number of nitrogens with zero attached hydrogens (tertiary/aromatic N) is 1. The highest BCUT2D eigenvalue weighted by Gasteiger charge is 2.19. The number of rotatable bonds is 4. The second-order valence-corrected chi connectivity index (χ2v) is 7.52. The molecule has 1 aliphatic rings. The van der Waals surface area contributed by atoms with Crippen LogP contribution in [-0.2, 0) is 15.0 Å². The Hall–Kier alpha value is -3.02. The third kappa shape index (κ3) is 4.39. The molecule has 0 bridgehead atoms. The fourth-order valence-electron chi connectivity index (χ4n) is 2.84. The number of fused-ring (bicyclic) bond motifs is 1. The Morgan fingerprint density at radius 2 is 1.70 bits per heavy atom. The minimum absolute atomic E-state index is 0.0241. The molecule has 1 aliphatic heterocycles. The number of benzene rings is 2. The van der Waals surface area contributed by atoms with Crippen LogP contribution in [0.25, 0.3) is 0 Å². The molecule has 0 saturated heterocycles. The monoisotopic (exact) mass is 368 g/mol. The van der Waals surface area contributed by atoms with Gasteiger partial charge in [-0.25, -0.2) is 0 Å². The zero-order chi connectivity index (χ0) is 19.6. The zero-order valence-corrected chi connectivity index (χ0v) is 16.0. The van der Waals surface area contributed by atoms with Gasteiger partial charge in [-0.3, -0.25) is 9.59 Å². The predicted octanol–water partition coefficient (Wildman–Crippen LogP) is 3.70. The lowest BCUT2D eigenvalue weighted by Crippen LogP contribution is -2.36. The predicted molar refractivity (Wildman–Crippen MR) is 104 cm³/mol. The highest BCUT2D eigenvalue weighted by Crippen LogP contribution is 2.34. The molecule has 0 radical (unpaired) electrons. The summed E-state index contributed by atoms with van der Waals surface area (Å²) in [5.41, 5.74) is 2.47. The van der Waals surface area contributed by atoms with Crippen LogP contribution >= 0.6 is 0 Å². The Morgan fingerprint density at radius 3 is 2.33 bits per heavy atom. The summed E-state index contributed by atoms with van der Waals surface area (Å²) in [6.07, 6.45) is 0. The zero-order valence-electron chi connectivity index (χ0n) is 16.0. The van der Waals surface area contributed by atoms with E-state index >= 15 is 0 Å². The van der Waals surface area contributed by atoms with E-state index in [0.717, 1.165) is 0 Å². The van der Waals surface area contributed by atoms with Gasteiger partial charge in [0.2, 0.25) is 18.6 Å². The van der Waals surface area contributed by atoms with Crippen LogP contribution in [0.2, 0.25) is 0 Å². The van der Waals surface area contributed by atoms with Gasteiger partial charge in [-0.1, -0.05) is 32.9 Å². The maximum absolute atomic E-state index is 12.4. The average molecular weight is 368 g/mol. The summed E-state index contributed by atoms with van der Waals surface area (Å²) in [5, 5.41) is 2.79. The molecule has 0 saturated carbocycles. The number of nitrogens with one attached hydrogen (secondary N) is 1. The van der Waals surface area contributed by atoms with Gasteiger partial charge in [-0.2, -0.15) is 0 Å². The van der Waals surface area contributed by atoms with Gasteiger partial charge in [0.15, 0.2) is 11.5 Å². The molecule has 0 spiro atoms. The van der Waals surface area contributed by atoms with E-state index in [1.165, 1.54) is 17.4 Å². The van der Waals surface area contributed by atoms with Gasteiger partial charge in [0.05, 0.1) is 0 Å². The molecule has 0 aliphatic carbocycles. The van der Waals surface area contributed by atoms with Crippen molar-refractivity contribution in [2.75, 3.05) is 23.6 Å². The molecular weight excluding hydrogens is 344 g/mol. The van der Waals surface area contributed by atoms with E-state index in [1.54, 1.807) is 18.2 Å². The fourth-order valence-corrected chi connectivity index (χ4v) is 2.84. The summed E-state index contributed by atoms with van der Waals surface area (Å²) in [6, 6.07) is 12.9. The summed E-state index contributed by atoms with van der Waals surface area (Å²) >= 11 is 0. The molecule has 2 amide bonds. The number of ether oxygens (including phenoxy) is 2. The van der Waals surface area contributed by atoms with Crippen LogP contribution in [-0.4, -0.2) is 25.2 Å². The first-order valence-corrected chi connectivity index (χ1v) is 8.82. The minimum Gasteiger partial charge on any atom is -0.454 e. The molecule has 2 aromatic rings. The van der Waals surface area contributed by atoms with Gasteiger partial charge in [0.1, 0.15) is 6.54 Å². The summed E-state index contributed by atoms with van der Waals surface area (Å²) in [4.78, 5) is 26.0. The Kier molecular flexibility index (Phi) is 5.08. The Morgan fingerprint density at radius 1 is 1.04 bits per heavy atom. The third-order valence-corrected chi connectivity index (χ3v) is 4.38.